The number of carbonyl (C=O) groups is 3. The standard InChI is InChI=1S/C19H16BrClN2O7/c1-29-17-6-2-11(20)8-13(17)16(24)5-7-19(26)30-10-18(25)22-15-4-3-12(23(27)28)9-14(15)21/h2-4,6,8-9H,5,7,10H2,1H3,(H,22,25). The van der Waals surface area contributed by atoms with Crippen LogP contribution in [0.15, 0.2) is 40.9 Å². The number of esters is 1. The number of ketones is 1. The Bertz CT molecular complexity index is 997. The van der Waals surface area contributed by atoms with Gasteiger partial charge in [-0.2, -0.15) is 0 Å². The van der Waals surface area contributed by atoms with Crippen LogP contribution in [0, 0.1) is 10.1 Å². The molecule has 0 heterocycles. The molecule has 0 atom stereocenters. The van der Waals surface area contributed by atoms with Crippen LogP contribution >= 0.6 is 27.5 Å². The van der Waals surface area contributed by atoms with Crippen molar-refractivity contribution in [2.75, 3.05) is 19.0 Å². The summed E-state index contributed by atoms with van der Waals surface area (Å²) >= 11 is 9.15. The Morgan fingerprint density at radius 1 is 1.17 bits per heavy atom. The van der Waals surface area contributed by atoms with E-state index in [0.29, 0.717) is 15.8 Å². The number of hydrogen-bond donors (Lipinski definition) is 1. The van der Waals surface area contributed by atoms with Gasteiger partial charge in [0, 0.05) is 23.0 Å². The van der Waals surface area contributed by atoms with Crippen molar-refractivity contribution in [3.8, 4) is 5.75 Å². The number of carbonyl (C=O) groups excluding carboxylic acids is 3. The topological polar surface area (TPSA) is 125 Å². The van der Waals surface area contributed by atoms with E-state index < -0.39 is 23.4 Å². The van der Waals surface area contributed by atoms with Crippen molar-refractivity contribution < 1.29 is 28.8 Å². The van der Waals surface area contributed by atoms with Crippen molar-refractivity contribution in [1.82, 2.24) is 0 Å². The number of nitro benzene ring substituents is 1. The number of anilines is 1. The molecule has 2 aromatic carbocycles. The number of nitrogens with one attached hydrogen (secondary N) is 1. The summed E-state index contributed by atoms with van der Waals surface area (Å²) in [4.78, 5) is 46.1. The highest BCUT2D eigenvalue weighted by atomic mass is 79.9. The molecule has 158 valence electrons. The number of methoxy groups -OCH3 is 1. The first-order chi connectivity index (χ1) is 14.2. The summed E-state index contributed by atoms with van der Waals surface area (Å²) in [5, 5.41) is 13.0. The normalized spacial score (nSPS) is 10.2. The van der Waals surface area contributed by atoms with Crippen LogP contribution in [0.5, 0.6) is 5.75 Å². The van der Waals surface area contributed by atoms with Crippen LogP contribution < -0.4 is 10.1 Å². The minimum absolute atomic E-state index is 0.0301. The van der Waals surface area contributed by atoms with Gasteiger partial charge in [-0.3, -0.25) is 24.5 Å². The van der Waals surface area contributed by atoms with E-state index in [9.17, 15) is 24.5 Å². The molecule has 0 aliphatic heterocycles. The molecule has 1 N–H and O–H groups in total. The zero-order valence-corrected chi connectivity index (χ0v) is 18.0. The molecular weight excluding hydrogens is 484 g/mol. The second-order valence-electron chi connectivity index (χ2n) is 5.90. The van der Waals surface area contributed by atoms with Crippen LogP contribution in [0.2, 0.25) is 5.02 Å². The van der Waals surface area contributed by atoms with Crippen molar-refractivity contribution in [2.24, 2.45) is 0 Å². The molecule has 0 saturated heterocycles. The molecule has 9 nitrogen and oxygen atoms in total. The first kappa shape index (κ1) is 23.3. The van der Waals surface area contributed by atoms with Crippen molar-refractivity contribution in [1.29, 1.82) is 0 Å². The van der Waals surface area contributed by atoms with E-state index in [-0.39, 0.29) is 35.0 Å². The SMILES string of the molecule is COc1ccc(Br)cc1C(=O)CCC(=O)OCC(=O)Nc1ccc([N+](=O)[O-])cc1Cl. The van der Waals surface area contributed by atoms with Gasteiger partial charge in [0.05, 0.1) is 34.7 Å². The Kier molecular flexibility index (Phi) is 8.31. The number of hydrogen-bond acceptors (Lipinski definition) is 7. The minimum atomic E-state index is -0.734. The lowest BCUT2D eigenvalue weighted by atomic mass is 10.1. The lowest BCUT2D eigenvalue weighted by molar-refractivity contribution is -0.384. The average Bonchev–Trinajstić information content (AvgIpc) is 2.71. The highest BCUT2D eigenvalue weighted by molar-refractivity contribution is 9.10. The predicted molar refractivity (Wildman–Crippen MR) is 112 cm³/mol. The molecule has 11 heteroatoms. The van der Waals surface area contributed by atoms with E-state index in [0.717, 1.165) is 6.07 Å². The summed E-state index contributed by atoms with van der Waals surface area (Å²) in [6.45, 7) is -0.597. The fourth-order valence-electron chi connectivity index (χ4n) is 2.37. The Labute approximate surface area is 184 Å². The van der Waals surface area contributed by atoms with Gasteiger partial charge in [-0.1, -0.05) is 27.5 Å². The highest BCUT2D eigenvalue weighted by Crippen LogP contribution is 2.27. The summed E-state index contributed by atoms with van der Waals surface area (Å²) in [6, 6.07) is 8.47. The summed E-state index contributed by atoms with van der Waals surface area (Å²) in [5.74, 6) is -1.34. The lowest BCUT2D eigenvalue weighted by Crippen LogP contribution is -2.21. The Morgan fingerprint density at radius 3 is 2.53 bits per heavy atom. The van der Waals surface area contributed by atoms with Gasteiger partial charge in [-0.05, 0) is 24.3 Å². The molecule has 0 aliphatic rings. The molecule has 2 aromatic rings. The monoisotopic (exact) mass is 498 g/mol. The molecule has 0 unspecified atom stereocenters. The number of nitrogens with zero attached hydrogens (tertiary/aromatic N) is 1. The molecule has 0 aliphatic carbocycles. The van der Waals surface area contributed by atoms with Crippen molar-refractivity contribution >= 4 is 56.6 Å². The number of rotatable bonds is 9. The molecule has 0 bridgehead atoms. The van der Waals surface area contributed by atoms with E-state index in [4.69, 9.17) is 21.1 Å². The van der Waals surface area contributed by atoms with Gasteiger partial charge in [-0.25, -0.2) is 0 Å². The molecule has 30 heavy (non-hydrogen) atoms. The van der Waals surface area contributed by atoms with Crippen LogP contribution in [-0.2, 0) is 14.3 Å². The van der Waals surface area contributed by atoms with Gasteiger partial charge >= 0.3 is 5.97 Å². The average molecular weight is 500 g/mol. The Morgan fingerprint density at radius 2 is 1.90 bits per heavy atom. The second-order valence-corrected chi connectivity index (χ2v) is 7.22. The number of Topliss-reactive ketones (excluding diaryl/α,β-unsaturated/α-hetero) is 1. The maximum atomic E-state index is 12.3. The van der Waals surface area contributed by atoms with Crippen LogP contribution in [0.1, 0.15) is 23.2 Å². The fourth-order valence-corrected chi connectivity index (χ4v) is 2.95. The Hall–Kier alpha value is -2.98. The number of ether oxygens (including phenoxy) is 2. The molecule has 0 spiro atoms. The van der Waals surface area contributed by atoms with Crippen LogP contribution in [0.4, 0.5) is 11.4 Å². The van der Waals surface area contributed by atoms with Crippen molar-refractivity contribution in [2.45, 2.75) is 12.8 Å². The van der Waals surface area contributed by atoms with Gasteiger partial charge in [-0.15, -0.1) is 0 Å². The van der Waals surface area contributed by atoms with E-state index >= 15 is 0 Å². The van der Waals surface area contributed by atoms with Gasteiger partial charge < -0.3 is 14.8 Å². The Balaban J connectivity index is 1.83. The number of non-ortho nitro benzene ring substituents is 1. The second kappa shape index (κ2) is 10.7. The molecule has 0 saturated carbocycles. The van der Waals surface area contributed by atoms with Gasteiger partial charge in [0.2, 0.25) is 0 Å². The number of halogens is 2. The van der Waals surface area contributed by atoms with Crippen LogP contribution in [0.25, 0.3) is 0 Å². The first-order valence-electron chi connectivity index (χ1n) is 8.47. The maximum absolute atomic E-state index is 12.3. The van der Waals surface area contributed by atoms with Gasteiger partial charge in [0.25, 0.3) is 11.6 Å². The molecule has 2 rings (SSSR count). The summed E-state index contributed by atoms with van der Waals surface area (Å²) in [6.07, 6.45) is -0.346. The van der Waals surface area contributed by atoms with E-state index in [1.807, 2.05) is 0 Å². The third-order valence-corrected chi connectivity index (χ3v) is 4.63. The predicted octanol–water partition coefficient (Wildman–Crippen LogP) is 4.16. The first-order valence-corrected chi connectivity index (χ1v) is 9.64. The summed E-state index contributed by atoms with van der Waals surface area (Å²) in [5.41, 5.74) is 0.238. The van der Waals surface area contributed by atoms with Gasteiger partial charge in [0.15, 0.2) is 12.4 Å². The van der Waals surface area contributed by atoms with E-state index in [1.54, 1.807) is 18.2 Å². The maximum Gasteiger partial charge on any atom is 0.306 e. The van der Waals surface area contributed by atoms with Crippen LogP contribution in [0.3, 0.4) is 0 Å². The van der Waals surface area contributed by atoms with Crippen molar-refractivity contribution in [3.63, 3.8) is 0 Å². The van der Waals surface area contributed by atoms with Gasteiger partial charge in [0.1, 0.15) is 5.75 Å². The zero-order valence-electron chi connectivity index (χ0n) is 15.6. The lowest BCUT2D eigenvalue weighted by Gasteiger charge is -2.09. The largest absolute Gasteiger partial charge is 0.496 e. The molecule has 1 amide bonds. The van der Waals surface area contributed by atoms with Crippen LogP contribution in [-0.4, -0.2) is 36.3 Å². The fraction of sp³-hybridized carbons (Fsp3) is 0.211. The molecular formula is C19H16BrClN2O7. The third-order valence-electron chi connectivity index (χ3n) is 3.82. The highest BCUT2D eigenvalue weighted by Gasteiger charge is 2.17. The minimum Gasteiger partial charge on any atom is -0.496 e. The number of benzene rings is 2. The molecule has 0 aromatic heterocycles. The van der Waals surface area contributed by atoms with E-state index in [1.165, 1.54) is 19.2 Å². The quantitative estimate of drug-likeness (QED) is 0.238. The number of amides is 1. The molecule has 0 radical (unpaired) electrons. The van der Waals surface area contributed by atoms with Crippen molar-refractivity contribution in [3.05, 3.63) is 61.6 Å². The van der Waals surface area contributed by atoms with E-state index in [2.05, 4.69) is 21.2 Å². The smallest absolute Gasteiger partial charge is 0.306 e. The zero-order chi connectivity index (χ0) is 22.3. The molecule has 0 fully saturated rings. The number of nitro groups is 1. The summed E-state index contributed by atoms with van der Waals surface area (Å²) < 4.78 is 10.7. The third kappa shape index (κ3) is 6.53. The summed E-state index contributed by atoms with van der Waals surface area (Å²) in [7, 11) is 1.43.